The molecule has 4 aromatic rings. The van der Waals surface area contributed by atoms with Crippen molar-refractivity contribution in [3.63, 3.8) is 0 Å². The van der Waals surface area contributed by atoms with E-state index >= 15 is 0 Å². The predicted molar refractivity (Wildman–Crippen MR) is 97.6 cm³/mol. The second kappa shape index (κ2) is 6.84. The normalized spacial score (nSPS) is 10.8. The highest BCUT2D eigenvalue weighted by molar-refractivity contribution is 6.99. The van der Waals surface area contributed by atoms with Crippen LogP contribution in [0.2, 0.25) is 0 Å². The maximum absolute atomic E-state index is 12.0. The molecule has 0 aromatic carbocycles. The third-order valence-corrected chi connectivity index (χ3v) is 4.21. The average Bonchev–Trinajstić information content (AvgIpc) is 3.29. The van der Waals surface area contributed by atoms with E-state index in [2.05, 4.69) is 39.5 Å². The van der Waals surface area contributed by atoms with Crippen LogP contribution in [0.5, 0.6) is 0 Å². The van der Waals surface area contributed by atoms with Crippen LogP contribution < -0.4 is 10.6 Å². The number of H-pyrrole nitrogens is 1. The van der Waals surface area contributed by atoms with Gasteiger partial charge in [0, 0.05) is 35.1 Å². The Labute approximate surface area is 152 Å². The van der Waals surface area contributed by atoms with Crippen LogP contribution in [-0.2, 0) is 6.54 Å². The van der Waals surface area contributed by atoms with Crippen molar-refractivity contribution in [3.8, 4) is 11.3 Å². The summed E-state index contributed by atoms with van der Waals surface area (Å²) in [7, 11) is 0. The van der Waals surface area contributed by atoms with Crippen molar-refractivity contribution in [2.24, 2.45) is 0 Å². The molecule has 0 atom stereocenters. The third kappa shape index (κ3) is 3.35. The summed E-state index contributed by atoms with van der Waals surface area (Å²) in [6, 6.07) is 5.23. The number of fused-ring (bicyclic) bond motifs is 1. The number of hydrogen-bond acceptors (Lipinski definition) is 7. The second-order valence-corrected chi connectivity index (χ2v) is 6.14. The number of nitrogens with zero attached hydrogens (tertiary/aromatic N) is 5. The van der Waals surface area contributed by atoms with Crippen LogP contribution >= 0.6 is 11.7 Å². The molecule has 130 valence electrons. The molecule has 0 bridgehead atoms. The molecule has 4 rings (SSSR count). The van der Waals surface area contributed by atoms with Crippen molar-refractivity contribution in [1.82, 2.24) is 34.2 Å². The molecule has 0 saturated heterocycles. The van der Waals surface area contributed by atoms with Crippen molar-refractivity contribution in [2.45, 2.75) is 13.5 Å². The first-order valence-electron chi connectivity index (χ1n) is 7.77. The zero-order valence-corrected chi connectivity index (χ0v) is 14.5. The van der Waals surface area contributed by atoms with Gasteiger partial charge in [0.15, 0.2) is 0 Å². The average molecular weight is 366 g/mol. The van der Waals surface area contributed by atoms with Gasteiger partial charge < -0.3 is 5.32 Å². The number of rotatable bonds is 4. The molecule has 2 amide bonds. The Morgan fingerprint density at radius 2 is 2.19 bits per heavy atom. The molecule has 0 radical (unpaired) electrons. The number of urea groups is 1. The summed E-state index contributed by atoms with van der Waals surface area (Å²) in [4.78, 5) is 20.5. The lowest BCUT2D eigenvalue weighted by atomic mass is 10.1. The summed E-state index contributed by atoms with van der Waals surface area (Å²) in [5.41, 5.74) is 4.16. The van der Waals surface area contributed by atoms with E-state index < -0.39 is 0 Å². The van der Waals surface area contributed by atoms with Gasteiger partial charge in [-0.05, 0) is 19.1 Å². The van der Waals surface area contributed by atoms with Gasteiger partial charge in [-0.3, -0.25) is 15.4 Å². The molecule has 10 heteroatoms. The van der Waals surface area contributed by atoms with Gasteiger partial charge in [0.1, 0.15) is 11.5 Å². The maximum Gasteiger partial charge on any atom is 0.320 e. The number of carbonyl (C=O) groups excluding carboxylic acids is 1. The molecular formula is C16H14N8OS. The lowest BCUT2D eigenvalue weighted by Crippen LogP contribution is -2.28. The van der Waals surface area contributed by atoms with Gasteiger partial charge in [0.2, 0.25) is 0 Å². The van der Waals surface area contributed by atoms with Gasteiger partial charge in [-0.15, -0.1) is 0 Å². The van der Waals surface area contributed by atoms with Crippen LogP contribution in [0.3, 0.4) is 0 Å². The monoisotopic (exact) mass is 366 g/mol. The van der Waals surface area contributed by atoms with Crippen LogP contribution in [0.4, 0.5) is 10.6 Å². The van der Waals surface area contributed by atoms with Crippen LogP contribution in [0.15, 0.2) is 36.8 Å². The fourth-order valence-electron chi connectivity index (χ4n) is 2.49. The van der Waals surface area contributed by atoms with Gasteiger partial charge in [0.05, 0.1) is 35.7 Å². The predicted octanol–water partition coefficient (Wildman–Crippen LogP) is 2.50. The zero-order chi connectivity index (χ0) is 17.9. The Kier molecular flexibility index (Phi) is 4.23. The first-order valence-corrected chi connectivity index (χ1v) is 8.50. The molecule has 4 aromatic heterocycles. The minimum absolute atomic E-state index is 0.306. The fraction of sp³-hybridized carbons (Fsp3) is 0.125. The summed E-state index contributed by atoms with van der Waals surface area (Å²) in [6.45, 7) is 2.24. The SMILES string of the molecule is Cc1cc(-c2n[nH]c3cc(NC(=O)NCc4cnsn4)ncc23)ccn1. The number of aromatic amines is 1. The molecule has 0 aliphatic carbocycles. The number of anilines is 1. The fourth-order valence-corrected chi connectivity index (χ4v) is 2.92. The van der Waals surface area contributed by atoms with E-state index in [0.717, 1.165) is 39.6 Å². The van der Waals surface area contributed by atoms with E-state index in [0.29, 0.717) is 18.1 Å². The van der Waals surface area contributed by atoms with Crippen LogP contribution in [0.1, 0.15) is 11.4 Å². The Morgan fingerprint density at radius 3 is 3.00 bits per heavy atom. The summed E-state index contributed by atoms with van der Waals surface area (Å²) in [5, 5.41) is 13.6. The van der Waals surface area contributed by atoms with Crippen molar-refractivity contribution in [1.29, 1.82) is 0 Å². The Morgan fingerprint density at radius 1 is 1.27 bits per heavy atom. The molecule has 9 nitrogen and oxygen atoms in total. The van der Waals surface area contributed by atoms with Crippen molar-refractivity contribution >= 4 is 34.5 Å². The lowest BCUT2D eigenvalue weighted by Gasteiger charge is -2.05. The number of aromatic nitrogens is 6. The molecule has 4 heterocycles. The minimum Gasteiger partial charge on any atom is -0.332 e. The zero-order valence-electron chi connectivity index (χ0n) is 13.7. The highest BCUT2D eigenvalue weighted by Crippen LogP contribution is 2.26. The molecule has 0 spiro atoms. The summed E-state index contributed by atoms with van der Waals surface area (Å²) in [5.74, 6) is 0.424. The summed E-state index contributed by atoms with van der Waals surface area (Å²) >= 11 is 1.10. The quantitative estimate of drug-likeness (QED) is 0.510. The highest BCUT2D eigenvalue weighted by Gasteiger charge is 2.11. The van der Waals surface area contributed by atoms with Gasteiger partial charge in [-0.1, -0.05) is 0 Å². The van der Waals surface area contributed by atoms with Crippen LogP contribution in [0.25, 0.3) is 22.2 Å². The largest absolute Gasteiger partial charge is 0.332 e. The molecule has 0 fully saturated rings. The third-order valence-electron chi connectivity index (χ3n) is 3.70. The number of pyridine rings is 2. The molecule has 0 saturated carbocycles. The maximum atomic E-state index is 12.0. The Bertz CT molecular complexity index is 1060. The molecular weight excluding hydrogens is 352 g/mol. The number of amides is 2. The van der Waals surface area contributed by atoms with Gasteiger partial charge in [-0.25, -0.2) is 9.78 Å². The molecule has 26 heavy (non-hydrogen) atoms. The van der Waals surface area contributed by atoms with Crippen molar-refractivity contribution < 1.29 is 4.79 Å². The van der Waals surface area contributed by atoms with Crippen LogP contribution in [-0.4, -0.2) is 34.9 Å². The van der Waals surface area contributed by atoms with E-state index in [1.807, 2.05) is 19.1 Å². The molecule has 3 N–H and O–H groups in total. The first kappa shape index (κ1) is 16.1. The van der Waals surface area contributed by atoms with Gasteiger partial charge in [-0.2, -0.15) is 13.8 Å². The van der Waals surface area contributed by atoms with E-state index in [1.165, 1.54) is 0 Å². The number of hydrogen-bond donors (Lipinski definition) is 3. The Hall–Kier alpha value is -3.40. The van der Waals surface area contributed by atoms with E-state index in [9.17, 15) is 4.79 Å². The number of aryl methyl sites for hydroxylation is 1. The minimum atomic E-state index is -0.366. The number of carbonyl (C=O) groups is 1. The van der Waals surface area contributed by atoms with Gasteiger partial charge in [0.25, 0.3) is 0 Å². The van der Waals surface area contributed by atoms with E-state index in [-0.39, 0.29) is 6.03 Å². The van der Waals surface area contributed by atoms with Crippen LogP contribution in [0, 0.1) is 6.92 Å². The van der Waals surface area contributed by atoms with Crippen molar-refractivity contribution in [2.75, 3.05) is 5.32 Å². The highest BCUT2D eigenvalue weighted by atomic mass is 32.1. The number of nitrogens with one attached hydrogen (secondary N) is 3. The van der Waals surface area contributed by atoms with E-state index in [1.54, 1.807) is 24.7 Å². The Balaban J connectivity index is 1.50. The molecule has 0 unspecified atom stereocenters. The first-order chi connectivity index (χ1) is 12.7. The van der Waals surface area contributed by atoms with Crippen molar-refractivity contribution in [3.05, 3.63) is 48.2 Å². The standard InChI is InChI=1S/C16H14N8OS/c1-9-4-10(2-3-17-9)15-12-8-18-14(5-13(12)22-23-15)21-16(25)19-6-11-7-20-26-24-11/h2-5,7-8H,6H2,1H3,(H,22,23)(H2,18,19,21,25). The summed E-state index contributed by atoms with van der Waals surface area (Å²) < 4.78 is 7.91. The molecule has 0 aliphatic heterocycles. The second-order valence-electron chi connectivity index (χ2n) is 5.58. The summed E-state index contributed by atoms with van der Waals surface area (Å²) in [6.07, 6.45) is 5.04. The lowest BCUT2D eigenvalue weighted by molar-refractivity contribution is 0.251. The topological polar surface area (TPSA) is 121 Å². The van der Waals surface area contributed by atoms with Gasteiger partial charge >= 0.3 is 6.03 Å². The molecule has 0 aliphatic rings. The smallest absolute Gasteiger partial charge is 0.320 e. The van der Waals surface area contributed by atoms with E-state index in [4.69, 9.17) is 0 Å².